The minimum atomic E-state index is -1.24. The molecule has 2 heterocycles. The molecule has 3 aromatic carbocycles. The maximum Gasteiger partial charge on any atom is 0.264 e. The van der Waals surface area contributed by atoms with Crippen molar-refractivity contribution < 1.29 is 19.1 Å². The molecule has 190 valence electrons. The van der Waals surface area contributed by atoms with E-state index in [9.17, 15) is 14.4 Å². The fraction of sp³-hybridized carbons (Fsp3) is 0.125. The van der Waals surface area contributed by atoms with Gasteiger partial charge >= 0.3 is 0 Å². The van der Waals surface area contributed by atoms with E-state index >= 15 is 0 Å². The minimum absolute atomic E-state index is 0.166. The molecule has 2 aliphatic rings. The zero-order valence-corrected chi connectivity index (χ0v) is 24.4. The Labute approximate surface area is 249 Å². The molecule has 0 radical (unpaired) electrons. The van der Waals surface area contributed by atoms with Crippen LogP contribution in [0.2, 0.25) is 30.1 Å². The van der Waals surface area contributed by atoms with Crippen molar-refractivity contribution >= 4 is 109 Å². The van der Waals surface area contributed by atoms with Crippen molar-refractivity contribution in [1.82, 2.24) is 4.90 Å². The number of fused-ring (bicyclic) bond motifs is 1. The lowest BCUT2D eigenvalue weighted by atomic mass is 9.86. The van der Waals surface area contributed by atoms with E-state index in [4.69, 9.17) is 74.3 Å². The van der Waals surface area contributed by atoms with E-state index in [0.29, 0.717) is 31.5 Å². The van der Waals surface area contributed by atoms with Crippen LogP contribution in [-0.4, -0.2) is 35.8 Å². The Bertz CT molecular complexity index is 1480. The average Bonchev–Trinajstić information content (AvgIpc) is 3.09. The molecule has 2 atom stereocenters. The summed E-state index contributed by atoms with van der Waals surface area (Å²) in [4.78, 5) is 43.0. The van der Waals surface area contributed by atoms with Gasteiger partial charge < -0.3 is 9.64 Å². The molecule has 0 N–H and O–H groups in total. The fourth-order valence-corrected chi connectivity index (χ4v) is 6.60. The summed E-state index contributed by atoms with van der Waals surface area (Å²) in [6.07, 6.45) is 0. The molecule has 3 amide bonds. The highest BCUT2D eigenvalue weighted by molar-refractivity contribution is 9.10. The predicted octanol–water partition coefficient (Wildman–Crippen LogP) is 8.13. The Morgan fingerprint density at radius 3 is 1.76 bits per heavy atom. The second-order valence-corrected chi connectivity index (χ2v) is 11.3. The number of carbonyl (C=O) groups is 3. The zero-order chi connectivity index (χ0) is 26.9. The van der Waals surface area contributed by atoms with Crippen LogP contribution in [0.4, 0.5) is 5.69 Å². The molecule has 0 saturated carbocycles. The van der Waals surface area contributed by atoms with Crippen LogP contribution in [0.15, 0.2) is 40.9 Å². The fourth-order valence-electron chi connectivity index (χ4n) is 4.51. The van der Waals surface area contributed by atoms with Gasteiger partial charge in [0, 0.05) is 15.7 Å². The molecule has 0 aliphatic carbocycles. The molecule has 13 heteroatoms. The van der Waals surface area contributed by atoms with Crippen LogP contribution in [0.5, 0.6) is 5.75 Å². The molecular formula is C24H11BrCl6N2O4. The van der Waals surface area contributed by atoms with Gasteiger partial charge in [-0.25, -0.2) is 0 Å². The molecule has 37 heavy (non-hydrogen) atoms. The first-order valence-corrected chi connectivity index (χ1v) is 13.4. The summed E-state index contributed by atoms with van der Waals surface area (Å²) in [5.74, 6) is -1.63. The average molecular weight is 684 g/mol. The predicted molar refractivity (Wildman–Crippen MR) is 148 cm³/mol. The molecule has 2 aliphatic heterocycles. The van der Waals surface area contributed by atoms with Crippen molar-refractivity contribution in [1.29, 1.82) is 0 Å². The lowest BCUT2D eigenvalue weighted by Gasteiger charge is -2.50. The van der Waals surface area contributed by atoms with E-state index in [1.165, 1.54) is 18.1 Å². The Hall–Kier alpha value is -1.71. The van der Waals surface area contributed by atoms with E-state index in [1.807, 2.05) is 0 Å². The maximum absolute atomic E-state index is 13.6. The van der Waals surface area contributed by atoms with Gasteiger partial charge in [0.15, 0.2) is 0 Å². The topological polar surface area (TPSA) is 66.9 Å². The Kier molecular flexibility index (Phi) is 7.12. The minimum Gasteiger partial charge on any atom is -0.496 e. The largest absolute Gasteiger partial charge is 0.496 e. The molecule has 0 spiro atoms. The molecule has 1 saturated heterocycles. The second kappa shape index (κ2) is 9.79. The summed E-state index contributed by atoms with van der Waals surface area (Å²) in [6, 6.07) is 7.73. The van der Waals surface area contributed by atoms with Gasteiger partial charge in [-0.1, -0.05) is 75.7 Å². The standard InChI is InChI=1S/C24H11BrCl6N2O4/c1-37-13-3-2-8(4-12(13)25)20-21(24(36)32(20)11-6-9(26)5-10(27)7-11)33-22(34)14-15(23(33)35)17(29)19(31)18(30)16(14)28/h2-7,20-21H,1H3/t20-,21+/m1/s1. The maximum atomic E-state index is 13.6. The molecule has 0 bridgehead atoms. The van der Waals surface area contributed by atoms with Gasteiger partial charge in [0.25, 0.3) is 17.7 Å². The third-order valence-electron chi connectivity index (χ3n) is 6.12. The van der Waals surface area contributed by atoms with E-state index in [0.717, 1.165) is 4.90 Å². The van der Waals surface area contributed by atoms with Crippen molar-refractivity contribution in [2.45, 2.75) is 12.1 Å². The summed E-state index contributed by atoms with van der Waals surface area (Å²) in [5.41, 5.74) is 0.559. The van der Waals surface area contributed by atoms with Gasteiger partial charge in [0.2, 0.25) is 0 Å². The highest BCUT2D eigenvalue weighted by Crippen LogP contribution is 2.50. The van der Waals surface area contributed by atoms with Crippen molar-refractivity contribution in [3.8, 4) is 5.75 Å². The number of nitrogens with zero attached hydrogens (tertiary/aromatic N) is 2. The lowest BCUT2D eigenvalue weighted by molar-refractivity contribution is -0.130. The lowest BCUT2D eigenvalue weighted by Crippen LogP contribution is -2.67. The van der Waals surface area contributed by atoms with Gasteiger partial charge in [-0.05, 0) is 51.8 Å². The number of carbonyl (C=O) groups excluding carboxylic acids is 3. The molecular weight excluding hydrogens is 673 g/mol. The molecule has 3 aromatic rings. The summed E-state index contributed by atoms with van der Waals surface area (Å²) < 4.78 is 5.91. The van der Waals surface area contributed by atoms with Crippen LogP contribution in [0.3, 0.4) is 0 Å². The quantitative estimate of drug-likeness (QED) is 0.121. The normalized spacial score (nSPS) is 18.9. The number of methoxy groups -OCH3 is 1. The number of imide groups is 1. The van der Waals surface area contributed by atoms with E-state index in [-0.39, 0.29) is 31.2 Å². The van der Waals surface area contributed by atoms with Gasteiger partial charge in [0.05, 0.1) is 48.8 Å². The number of anilines is 1. The first-order valence-electron chi connectivity index (χ1n) is 10.3. The van der Waals surface area contributed by atoms with Crippen molar-refractivity contribution in [2.24, 2.45) is 0 Å². The monoisotopic (exact) mass is 680 g/mol. The van der Waals surface area contributed by atoms with Crippen LogP contribution in [-0.2, 0) is 4.79 Å². The smallest absolute Gasteiger partial charge is 0.264 e. The summed E-state index contributed by atoms with van der Waals surface area (Å²) in [6.45, 7) is 0. The number of hydrogen-bond donors (Lipinski definition) is 0. The van der Waals surface area contributed by atoms with Crippen LogP contribution in [0, 0.1) is 0 Å². The van der Waals surface area contributed by atoms with Gasteiger partial charge in [0.1, 0.15) is 11.8 Å². The number of halogens is 7. The van der Waals surface area contributed by atoms with Crippen molar-refractivity contribution in [3.05, 3.63) is 87.7 Å². The van der Waals surface area contributed by atoms with E-state index in [2.05, 4.69) is 15.9 Å². The number of hydrogen-bond acceptors (Lipinski definition) is 4. The molecule has 0 unspecified atom stereocenters. The van der Waals surface area contributed by atoms with Crippen LogP contribution >= 0.6 is 85.5 Å². The molecule has 1 fully saturated rings. The Morgan fingerprint density at radius 1 is 0.730 bits per heavy atom. The first kappa shape index (κ1) is 26.9. The second-order valence-electron chi connectivity index (χ2n) is 8.11. The summed E-state index contributed by atoms with van der Waals surface area (Å²) in [5, 5.41) is -0.169. The third kappa shape index (κ3) is 4.11. The number of amides is 3. The number of benzene rings is 3. The van der Waals surface area contributed by atoms with Gasteiger partial charge in [-0.15, -0.1) is 0 Å². The number of ether oxygens (including phenoxy) is 1. The van der Waals surface area contributed by atoms with Crippen molar-refractivity contribution in [3.63, 3.8) is 0 Å². The summed E-state index contributed by atoms with van der Waals surface area (Å²) in [7, 11) is 1.51. The summed E-state index contributed by atoms with van der Waals surface area (Å²) >= 11 is 40.7. The van der Waals surface area contributed by atoms with Crippen molar-refractivity contribution in [2.75, 3.05) is 12.0 Å². The van der Waals surface area contributed by atoms with Gasteiger partial charge in [-0.3, -0.25) is 19.3 Å². The molecule has 6 nitrogen and oxygen atoms in total. The molecule has 0 aromatic heterocycles. The van der Waals surface area contributed by atoms with Crippen LogP contribution in [0.25, 0.3) is 0 Å². The third-order valence-corrected chi connectivity index (χ3v) is 8.98. The molecule has 5 rings (SSSR count). The highest BCUT2D eigenvalue weighted by Gasteiger charge is 2.58. The highest BCUT2D eigenvalue weighted by atomic mass is 79.9. The SMILES string of the molecule is COc1ccc([C@@H]2[C@H](N3C(=O)c4c(Cl)c(Cl)c(Cl)c(Cl)c4C3=O)C(=O)N2c2cc(Cl)cc(Cl)c2)cc1Br. The number of β-lactam (4-membered cyclic amide) rings is 1. The Balaban J connectivity index is 1.66. The first-order chi connectivity index (χ1) is 17.5. The Morgan fingerprint density at radius 2 is 1.27 bits per heavy atom. The van der Waals surface area contributed by atoms with Crippen LogP contribution in [0.1, 0.15) is 32.3 Å². The van der Waals surface area contributed by atoms with Crippen LogP contribution < -0.4 is 9.64 Å². The number of rotatable bonds is 4. The van der Waals surface area contributed by atoms with Gasteiger partial charge in [-0.2, -0.15) is 0 Å². The van der Waals surface area contributed by atoms with E-state index in [1.54, 1.807) is 30.3 Å². The zero-order valence-electron chi connectivity index (χ0n) is 18.3. The van der Waals surface area contributed by atoms with E-state index < -0.39 is 29.8 Å².